The van der Waals surface area contributed by atoms with Crippen molar-refractivity contribution >= 4 is 15.7 Å². The molecule has 1 aliphatic rings. The number of hydrogen-bond acceptors (Lipinski definition) is 5. The van der Waals surface area contributed by atoms with Gasteiger partial charge in [-0.2, -0.15) is 4.31 Å². The normalized spacial score (nSPS) is 16.2. The predicted molar refractivity (Wildman–Crippen MR) is 96.6 cm³/mol. The van der Waals surface area contributed by atoms with E-state index in [1.165, 1.54) is 4.31 Å². The maximum atomic E-state index is 12.8. The summed E-state index contributed by atoms with van der Waals surface area (Å²) in [6, 6.07) is 7.82. The first-order valence-electron chi connectivity index (χ1n) is 8.38. The minimum atomic E-state index is -3.54. The smallest absolute Gasteiger partial charge is 0.262 e. The lowest BCUT2D eigenvalue weighted by Gasteiger charge is -2.35. The molecule has 1 aromatic carbocycles. The summed E-state index contributed by atoms with van der Waals surface area (Å²) in [5.74, 6) is 1.52. The zero-order valence-electron chi connectivity index (χ0n) is 14.8. The van der Waals surface area contributed by atoms with Crippen LogP contribution >= 0.6 is 0 Å². The van der Waals surface area contributed by atoms with Crippen LogP contribution in [0.15, 0.2) is 35.5 Å². The molecule has 25 heavy (non-hydrogen) atoms. The van der Waals surface area contributed by atoms with Gasteiger partial charge in [0.05, 0.1) is 7.11 Å². The van der Waals surface area contributed by atoms with Gasteiger partial charge >= 0.3 is 0 Å². The average Bonchev–Trinajstić information content (AvgIpc) is 3.03. The molecule has 0 amide bonds. The number of methoxy groups -OCH3 is 1. The third-order valence-corrected chi connectivity index (χ3v) is 6.33. The zero-order valence-corrected chi connectivity index (χ0v) is 15.7. The number of nitrogens with zero attached hydrogens (tertiary/aromatic N) is 4. The van der Waals surface area contributed by atoms with Crippen molar-refractivity contribution in [3.05, 3.63) is 36.3 Å². The van der Waals surface area contributed by atoms with E-state index in [0.717, 1.165) is 17.3 Å². The molecule has 0 spiro atoms. The number of hydrogen-bond donors (Lipinski definition) is 0. The number of imidazole rings is 1. The van der Waals surface area contributed by atoms with E-state index in [1.807, 2.05) is 42.7 Å². The van der Waals surface area contributed by atoms with Gasteiger partial charge in [-0.25, -0.2) is 13.4 Å². The van der Waals surface area contributed by atoms with Crippen LogP contribution in [0.25, 0.3) is 0 Å². The summed E-state index contributed by atoms with van der Waals surface area (Å²) in [7, 11) is -1.90. The highest BCUT2D eigenvalue weighted by Crippen LogP contribution is 2.24. The Morgan fingerprint density at radius 1 is 1.20 bits per heavy atom. The Balaban J connectivity index is 1.72. The Labute approximate surface area is 148 Å². The van der Waals surface area contributed by atoms with Gasteiger partial charge in [-0.15, -0.1) is 0 Å². The molecule has 0 aliphatic carbocycles. The predicted octanol–water partition coefficient (Wildman–Crippen LogP) is 1.73. The molecule has 0 atom stereocenters. The first-order valence-corrected chi connectivity index (χ1v) is 9.82. The van der Waals surface area contributed by atoms with Crippen molar-refractivity contribution in [2.24, 2.45) is 0 Å². The quantitative estimate of drug-likeness (QED) is 0.808. The van der Waals surface area contributed by atoms with Gasteiger partial charge in [0.1, 0.15) is 11.6 Å². The van der Waals surface area contributed by atoms with E-state index in [-0.39, 0.29) is 5.03 Å². The van der Waals surface area contributed by atoms with Crippen LogP contribution in [0.2, 0.25) is 0 Å². The third-order valence-electron chi connectivity index (χ3n) is 4.56. The monoisotopic (exact) mass is 364 g/mol. The Kier molecular flexibility index (Phi) is 5.01. The highest BCUT2D eigenvalue weighted by atomic mass is 32.2. The number of sulfonamides is 1. The minimum absolute atomic E-state index is 0.140. The highest BCUT2D eigenvalue weighted by molar-refractivity contribution is 7.89. The van der Waals surface area contributed by atoms with E-state index < -0.39 is 10.0 Å². The lowest BCUT2D eigenvalue weighted by Crippen LogP contribution is -2.48. The molecule has 1 fully saturated rings. The Hall–Kier alpha value is -2.06. The van der Waals surface area contributed by atoms with E-state index in [0.29, 0.717) is 32.7 Å². The van der Waals surface area contributed by atoms with Gasteiger partial charge in [0.25, 0.3) is 10.0 Å². The van der Waals surface area contributed by atoms with Crippen molar-refractivity contribution in [1.29, 1.82) is 0 Å². The van der Waals surface area contributed by atoms with E-state index in [4.69, 9.17) is 4.74 Å². The number of benzene rings is 1. The van der Waals surface area contributed by atoms with E-state index >= 15 is 0 Å². The fourth-order valence-corrected chi connectivity index (χ4v) is 4.47. The summed E-state index contributed by atoms with van der Waals surface area (Å²) in [5.41, 5.74) is 1.04. The van der Waals surface area contributed by atoms with E-state index in [1.54, 1.807) is 13.3 Å². The maximum absolute atomic E-state index is 12.8. The van der Waals surface area contributed by atoms with Crippen LogP contribution in [0.1, 0.15) is 12.7 Å². The second kappa shape index (κ2) is 7.05. The number of aryl methyl sites for hydroxylation is 2. The molecule has 0 unspecified atom stereocenters. The van der Waals surface area contributed by atoms with Crippen LogP contribution in [-0.2, 0) is 16.6 Å². The third kappa shape index (κ3) is 3.50. The molecule has 0 bridgehead atoms. The van der Waals surface area contributed by atoms with Gasteiger partial charge in [0.15, 0.2) is 5.03 Å². The van der Waals surface area contributed by atoms with E-state index in [9.17, 15) is 8.42 Å². The molecule has 1 saturated heterocycles. The van der Waals surface area contributed by atoms with Crippen molar-refractivity contribution in [2.45, 2.75) is 25.4 Å². The first-order chi connectivity index (χ1) is 12.0. The average molecular weight is 364 g/mol. The van der Waals surface area contributed by atoms with Crippen molar-refractivity contribution in [3.8, 4) is 5.75 Å². The van der Waals surface area contributed by atoms with Crippen molar-refractivity contribution < 1.29 is 13.2 Å². The van der Waals surface area contributed by atoms with Gasteiger partial charge < -0.3 is 14.2 Å². The summed E-state index contributed by atoms with van der Waals surface area (Å²) < 4.78 is 34.3. The number of aromatic nitrogens is 2. The number of ether oxygens (including phenoxy) is 1. The van der Waals surface area contributed by atoms with Crippen molar-refractivity contribution in [2.75, 3.05) is 38.2 Å². The second-order valence-corrected chi connectivity index (χ2v) is 7.89. The molecule has 1 aromatic heterocycles. The molecule has 2 heterocycles. The molecule has 1 aliphatic heterocycles. The Morgan fingerprint density at radius 2 is 1.92 bits per heavy atom. The summed E-state index contributed by atoms with van der Waals surface area (Å²) in [6.07, 6.45) is 1.62. The standard InChI is InChI=1S/C17H24N4O3S/c1-4-19-13-17(18-14(19)2)25(22,23)21-10-8-20(9-11-21)15-6-5-7-16(12-15)24-3/h5-7,12-13H,4,8-11H2,1-3H3. The van der Waals surface area contributed by atoms with Crippen molar-refractivity contribution in [1.82, 2.24) is 13.9 Å². The Bertz CT molecular complexity index is 839. The molecular formula is C17H24N4O3S. The van der Waals surface area contributed by atoms with Gasteiger partial charge in [0.2, 0.25) is 0 Å². The lowest BCUT2D eigenvalue weighted by molar-refractivity contribution is 0.382. The van der Waals surface area contributed by atoms with Crippen LogP contribution in [-0.4, -0.2) is 55.6 Å². The number of anilines is 1. The summed E-state index contributed by atoms with van der Waals surface area (Å²) >= 11 is 0. The largest absolute Gasteiger partial charge is 0.497 e. The maximum Gasteiger partial charge on any atom is 0.262 e. The van der Waals surface area contributed by atoms with Gasteiger partial charge in [-0.1, -0.05) is 6.07 Å². The van der Waals surface area contributed by atoms with Gasteiger partial charge in [-0.05, 0) is 26.0 Å². The van der Waals surface area contributed by atoms with Crippen molar-refractivity contribution in [3.63, 3.8) is 0 Å². The first kappa shape index (κ1) is 17.8. The van der Waals surface area contributed by atoms with Crippen LogP contribution in [0.5, 0.6) is 5.75 Å². The molecule has 3 rings (SSSR count). The SMILES string of the molecule is CCn1cc(S(=O)(=O)N2CCN(c3cccc(OC)c3)CC2)nc1C. The highest BCUT2D eigenvalue weighted by Gasteiger charge is 2.30. The number of piperazine rings is 1. The summed E-state index contributed by atoms with van der Waals surface area (Å²) in [5, 5.41) is 0.140. The molecule has 0 saturated carbocycles. The molecule has 8 heteroatoms. The fraction of sp³-hybridized carbons (Fsp3) is 0.471. The lowest BCUT2D eigenvalue weighted by atomic mass is 10.2. The van der Waals surface area contributed by atoms with Gasteiger partial charge in [0, 0.05) is 50.7 Å². The zero-order chi connectivity index (χ0) is 18.0. The van der Waals surface area contributed by atoms with Crippen LogP contribution < -0.4 is 9.64 Å². The van der Waals surface area contributed by atoms with Gasteiger partial charge in [-0.3, -0.25) is 0 Å². The topological polar surface area (TPSA) is 67.7 Å². The fourth-order valence-electron chi connectivity index (χ4n) is 3.05. The van der Waals surface area contributed by atoms with Crippen LogP contribution in [0, 0.1) is 6.92 Å². The minimum Gasteiger partial charge on any atom is -0.497 e. The van der Waals surface area contributed by atoms with E-state index in [2.05, 4.69) is 9.88 Å². The molecular weight excluding hydrogens is 340 g/mol. The number of rotatable bonds is 5. The summed E-state index contributed by atoms with van der Waals surface area (Å²) in [4.78, 5) is 6.40. The second-order valence-electron chi connectivity index (χ2n) is 6.00. The molecule has 2 aromatic rings. The Morgan fingerprint density at radius 3 is 2.52 bits per heavy atom. The molecule has 0 N–H and O–H groups in total. The molecule has 0 radical (unpaired) electrons. The van der Waals surface area contributed by atoms with Crippen LogP contribution in [0.3, 0.4) is 0 Å². The summed E-state index contributed by atoms with van der Waals surface area (Å²) in [6.45, 7) is 6.66. The van der Waals surface area contributed by atoms with Crippen LogP contribution in [0.4, 0.5) is 5.69 Å². The molecule has 136 valence electrons. The molecule has 7 nitrogen and oxygen atoms in total.